The van der Waals surface area contributed by atoms with Gasteiger partial charge in [0.25, 0.3) is 0 Å². The van der Waals surface area contributed by atoms with E-state index in [1.54, 1.807) is 0 Å². The minimum absolute atomic E-state index is 0. The van der Waals surface area contributed by atoms with Crippen LogP contribution in [0.5, 0.6) is 0 Å². The molecule has 0 heterocycles. The summed E-state index contributed by atoms with van der Waals surface area (Å²) in [6.45, 7) is 20.3. The third kappa shape index (κ3) is 117. The molecule has 0 aliphatic carbocycles. The predicted molar refractivity (Wildman–Crippen MR) is 578 cm³/mol. The molecule has 0 aromatic heterocycles. The molecule has 0 N–H and O–H groups in total. The smallest absolute Gasteiger partial charge is 0.411 e. The van der Waals surface area contributed by atoms with Crippen LogP contribution in [-0.2, 0) is 37.9 Å². The molecule has 0 saturated carbocycles. The molecule has 0 amide bonds. The second-order valence-electron chi connectivity index (χ2n) is 38.6. The van der Waals surface area contributed by atoms with Crippen molar-refractivity contribution in [2.45, 2.75) is 658 Å². The number of thiocarbonyl (C=S) groups is 3. The topological polar surface area (TPSA) is 9.72 Å². The van der Waals surface area contributed by atoms with E-state index in [4.69, 9.17) is 74.5 Å². The number of unbranched alkanes of at least 4 members (excludes halogenated alkanes) is 90. The number of rotatable bonds is 102. The van der Waals surface area contributed by atoms with Gasteiger partial charge in [-0.05, 0) is 38.5 Å². The van der Waals surface area contributed by atoms with Crippen LogP contribution in [0, 0.1) is 0 Å². The van der Waals surface area contributed by atoms with Crippen molar-refractivity contribution in [3.63, 3.8) is 0 Å². The largest absolute Gasteiger partial charge is 3.00 e. The molecule has 2 radical (unpaired) electrons. The predicted octanol–water partition coefficient (Wildman–Crippen LogP) is 40.5. The monoisotopic (exact) mass is 1910 g/mol. The fourth-order valence-corrected chi connectivity index (χ4v) is 19.1. The molecule has 10 heteroatoms. The van der Waals surface area contributed by atoms with Crippen LogP contribution in [0.2, 0.25) is 0 Å². The molecule has 0 aliphatic rings. The van der Waals surface area contributed by atoms with Gasteiger partial charge in [-0.25, -0.2) is 0 Å². The molecule has 0 atom stereocenters. The Hall–Kier alpha value is 1.15. The van der Waals surface area contributed by atoms with Gasteiger partial charge in [-0.2, -0.15) is 0 Å². The molecule has 0 spiro atoms. The maximum Gasteiger partial charge on any atom is 3.00 e. The van der Waals surface area contributed by atoms with Gasteiger partial charge < -0.3 is 89.2 Å². The van der Waals surface area contributed by atoms with E-state index >= 15 is 0 Å². The van der Waals surface area contributed by atoms with Gasteiger partial charge in [0.1, 0.15) is 0 Å². The van der Waals surface area contributed by atoms with Crippen LogP contribution in [0.3, 0.4) is 0 Å². The summed E-state index contributed by atoms with van der Waals surface area (Å²) in [6.07, 6.45) is 136. The molecule has 0 aromatic carbocycles. The molecular formula is C111H222N3S6Sb. The first-order valence-corrected chi connectivity index (χ1v) is 58.5. The van der Waals surface area contributed by atoms with Gasteiger partial charge >= 0.3 is 24.4 Å². The summed E-state index contributed by atoms with van der Waals surface area (Å²) in [5.74, 6) is 0. The van der Waals surface area contributed by atoms with Crippen LogP contribution >= 0.6 is 36.7 Å². The van der Waals surface area contributed by atoms with Gasteiger partial charge in [-0.15, -0.1) is 0 Å². The van der Waals surface area contributed by atoms with E-state index in [0.29, 0.717) is 13.0 Å². The van der Waals surface area contributed by atoms with Crippen molar-refractivity contribution in [2.24, 2.45) is 0 Å². The Morgan fingerprint density at radius 1 is 0.124 bits per heavy atom. The van der Waals surface area contributed by atoms with Crippen molar-refractivity contribution >= 4 is 112 Å². The van der Waals surface area contributed by atoms with Crippen LogP contribution in [0.25, 0.3) is 0 Å². The average molecular weight is 1910 g/mol. The van der Waals surface area contributed by atoms with Crippen molar-refractivity contribution in [2.75, 3.05) is 39.3 Å². The van der Waals surface area contributed by atoms with Gasteiger partial charge in [-0.3, -0.25) is 0 Å². The molecular weight excluding hydrogens is 1690 g/mol. The van der Waals surface area contributed by atoms with E-state index in [1.165, 1.54) is 616 Å². The van der Waals surface area contributed by atoms with Gasteiger partial charge in [0.2, 0.25) is 0 Å². The first kappa shape index (κ1) is 128. The minimum atomic E-state index is 0. The van der Waals surface area contributed by atoms with E-state index in [2.05, 4.69) is 56.2 Å². The molecule has 0 unspecified atom stereocenters. The van der Waals surface area contributed by atoms with E-state index in [0.717, 1.165) is 39.3 Å². The van der Waals surface area contributed by atoms with Crippen LogP contribution in [0.1, 0.15) is 658 Å². The zero-order valence-corrected chi connectivity index (χ0v) is 91.3. The minimum Gasteiger partial charge on any atom is -0.411 e. The van der Waals surface area contributed by atoms with Gasteiger partial charge in [0.05, 0.1) is 0 Å². The van der Waals surface area contributed by atoms with E-state index in [1.807, 2.05) is 0 Å². The van der Waals surface area contributed by atoms with E-state index in [-0.39, 0.29) is 24.4 Å². The quantitative estimate of drug-likeness (QED) is 0.0253. The van der Waals surface area contributed by atoms with Crippen molar-refractivity contribution in [3.05, 3.63) is 0 Å². The molecule has 0 bridgehead atoms. The summed E-state index contributed by atoms with van der Waals surface area (Å²) in [6, 6.07) is 0. The fraction of sp³-hybridized carbons (Fsp3) is 0.973. The van der Waals surface area contributed by atoms with Crippen molar-refractivity contribution in [1.29, 1.82) is 0 Å². The third-order valence-corrected chi connectivity index (χ3v) is 28.0. The summed E-state index contributed by atoms with van der Waals surface area (Å²) in [5, 5.41) is 0. The van der Waals surface area contributed by atoms with E-state index < -0.39 is 0 Å². The normalized spacial score (nSPS) is 11.3. The van der Waals surface area contributed by atoms with Crippen molar-refractivity contribution in [3.8, 4) is 0 Å². The number of hydrogen-bond acceptors (Lipinski definition) is 6. The summed E-state index contributed by atoms with van der Waals surface area (Å²) in [7, 11) is 0. The molecule has 121 heavy (non-hydrogen) atoms. The Labute approximate surface area is 816 Å². The fourth-order valence-electron chi connectivity index (χ4n) is 18.0. The summed E-state index contributed by atoms with van der Waals surface area (Å²) >= 11 is 32.3. The van der Waals surface area contributed by atoms with Gasteiger partial charge in [-0.1, -0.05) is 632 Å². The van der Waals surface area contributed by atoms with Crippen LogP contribution in [0.4, 0.5) is 0 Å². The summed E-state index contributed by atoms with van der Waals surface area (Å²) in [5.41, 5.74) is 0. The Bertz CT molecular complexity index is 1550. The van der Waals surface area contributed by atoms with Crippen molar-refractivity contribution < 1.29 is 0 Å². The molecule has 3 nitrogen and oxygen atoms in total. The number of hydrogen-bond donors (Lipinski definition) is 0. The molecule has 0 aromatic rings. The zero-order chi connectivity index (χ0) is 87.6. The van der Waals surface area contributed by atoms with Crippen molar-refractivity contribution in [1.82, 2.24) is 14.7 Å². The molecule has 0 saturated heterocycles. The van der Waals surface area contributed by atoms with Gasteiger partial charge in [0, 0.05) is 39.3 Å². The maximum absolute atomic E-state index is 5.38. The second kappa shape index (κ2) is 119. The first-order valence-electron chi connectivity index (χ1n) is 56.0. The molecule has 0 aliphatic heterocycles. The van der Waals surface area contributed by atoms with Crippen LogP contribution < -0.4 is 0 Å². The number of nitrogens with zero attached hydrogens (tertiary/aromatic N) is 3. The van der Waals surface area contributed by atoms with Crippen LogP contribution in [-0.4, -0.2) is 91.4 Å². The Balaban J connectivity index is -0.000000845. The Morgan fingerprint density at radius 2 is 0.182 bits per heavy atom. The molecule has 0 fully saturated rings. The molecule has 722 valence electrons. The standard InChI is InChI=1S/3C37H75NS2.Sb/c3*1-3-5-7-9-11-13-15-17-19-21-23-25-27-29-31-33-35-38(37(39)40)36-34-32-30-28-26-24-22-20-18-16-14-12-10-8-6-4-2;/h3*3-36H2,1-2H3,(H,39,40);/q;;;+3/p-3. The molecule has 0 rings (SSSR count). The summed E-state index contributed by atoms with van der Waals surface area (Å²) < 4.78 is 2.09. The second-order valence-corrected chi connectivity index (χ2v) is 41.7. The van der Waals surface area contributed by atoms with Crippen LogP contribution in [0.15, 0.2) is 0 Å². The third-order valence-electron chi connectivity index (χ3n) is 26.5. The Morgan fingerprint density at radius 3 is 0.240 bits per heavy atom. The Kier molecular flexibility index (Phi) is 126. The SMILES string of the molecule is CCCCCCCCCCCCCCCCCCN(CCCCCCCCCCCCCCCCCC)C(=S)[S-].CCCCCCCCCCCCCCCCCCN(CCCCCCCCCCCCCCCCCC)C(=S)[S-].CCCCCCCCCCCCCCCCCCN(CCCCCCCCCCCCCCCCCC)C(=S)[S-].[Sb+3]. The zero-order valence-electron chi connectivity index (χ0n) is 83.9. The van der Waals surface area contributed by atoms with Gasteiger partial charge in [0.15, 0.2) is 0 Å². The van der Waals surface area contributed by atoms with E-state index in [9.17, 15) is 0 Å². The average Bonchev–Trinajstić information content (AvgIpc) is 0.978. The maximum atomic E-state index is 5.38. The summed E-state index contributed by atoms with van der Waals surface area (Å²) in [4.78, 5) is 6.91. The first-order chi connectivity index (χ1) is 59.2.